The maximum atomic E-state index is 14.8. The first kappa shape index (κ1) is 30.8. The van der Waals surface area contributed by atoms with E-state index >= 15 is 0 Å². The Morgan fingerprint density at radius 3 is 2.27 bits per heavy atom. The summed E-state index contributed by atoms with van der Waals surface area (Å²) in [5.74, 6) is -9.08. The van der Waals surface area contributed by atoms with Crippen molar-refractivity contribution >= 4 is 23.2 Å². The van der Waals surface area contributed by atoms with Crippen LogP contribution < -0.4 is 11.1 Å². The number of aliphatic hydroxyl groups excluding tert-OH is 2. The maximum absolute atomic E-state index is 14.8. The summed E-state index contributed by atoms with van der Waals surface area (Å²) < 4.78 is 44.3. The molecule has 0 aliphatic heterocycles. The van der Waals surface area contributed by atoms with Gasteiger partial charge in [-0.05, 0) is 74.0 Å². The third-order valence-electron chi connectivity index (χ3n) is 9.72. The number of benzene rings is 2. The number of likely N-dealkylation sites (N-methyl/N-ethyl adjacent to an activating group) is 1. The summed E-state index contributed by atoms with van der Waals surface area (Å²) in [6, 6.07) is 7.15. The van der Waals surface area contributed by atoms with Crippen molar-refractivity contribution in [2.24, 2.45) is 17.6 Å². The van der Waals surface area contributed by atoms with Crippen LogP contribution in [0.15, 0.2) is 47.2 Å². The molecule has 0 saturated heterocycles. The number of rotatable bonds is 5. The number of hydrogen-bond acceptors (Lipinski definition) is 9. The van der Waals surface area contributed by atoms with Crippen LogP contribution in [0.1, 0.15) is 39.8 Å². The zero-order chi connectivity index (χ0) is 32.7. The van der Waals surface area contributed by atoms with Gasteiger partial charge < -0.3 is 31.5 Å². The number of nitrogens with two attached hydrogens (primary N) is 1. The van der Waals surface area contributed by atoms with Crippen LogP contribution in [-0.4, -0.2) is 74.6 Å². The third-order valence-corrected chi connectivity index (χ3v) is 9.72. The largest absolute Gasteiger partial charge is 0.508 e. The molecular weight excluding hydrogens is 595 g/mol. The van der Waals surface area contributed by atoms with E-state index in [1.165, 1.54) is 19.0 Å². The molecule has 0 radical (unpaired) electrons. The number of halogens is 3. The normalized spacial score (nSPS) is 26.6. The minimum Gasteiger partial charge on any atom is -0.508 e. The van der Waals surface area contributed by atoms with Crippen LogP contribution in [-0.2, 0) is 46.4 Å². The highest BCUT2D eigenvalue weighted by molar-refractivity contribution is 6.24. The molecule has 7 N–H and O–H groups in total. The number of primary amides is 1. The van der Waals surface area contributed by atoms with Gasteiger partial charge in [-0.15, -0.1) is 0 Å². The molecule has 2 aromatic rings. The van der Waals surface area contributed by atoms with Gasteiger partial charge in [0.2, 0.25) is 5.78 Å². The number of Topliss-reactive ketones (excluding diaryl/α,β-unsaturated/α-hetero) is 2. The number of fused-ring (bicyclic) bond motifs is 4. The second-order valence-electron chi connectivity index (χ2n) is 12.5. The lowest BCUT2D eigenvalue weighted by atomic mass is 9.57. The zero-order valence-corrected chi connectivity index (χ0v) is 24.4. The Balaban J connectivity index is 1.44. The molecule has 238 valence electrons. The number of ketones is 2. The Hall–Kier alpha value is -4.20. The third kappa shape index (κ3) is 4.55. The van der Waals surface area contributed by atoms with Crippen molar-refractivity contribution in [3.63, 3.8) is 0 Å². The van der Waals surface area contributed by atoms with Gasteiger partial charge in [-0.3, -0.25) is 19.3 Å². The number of hydrogen-bond donors (Lipinski definition) is 6. The first-order valence-electron chi connectivity index (χ1n) is 14.5. The number of alkyl halides is 3. The van der Waals surface area contributed by atoms with Crippen molar-refractivity contribution in [3.05, 3.63) is 80.6 Å². The minimum atomic E-state index is -4.91. The molecule has 0 aromatic heterocycles. The molecule has 45 heavy (non-hydrogen) atoms. The van der Waals surface area contributed by atoms with Crippen molar-refractivity contribution in [3.8, 4) is 5.75 Å². The average molecular weight is 628 g/mol. The lowest BCUT2D eigenvalue weighted by molar-refractivity contribution is -0.153. The molecule has 13 heteroatoms. The highest BCUT2D eigenvalue weighted by atomic mass is 19.4. The number of nitrogens with one attached hydrogen (secondary N) is 1. The van der Waals surface area contributed by atoms with E-state index in [0.29, 0.717) is 12.8 Å². The van der Waals surface area contributed by atoms with E-state index in [2.05, 4.69) is 5.32 Å². The van der Waals surface area contributed by atoms with E-state index in [4.69, 9.17) is 5.73 Å². The molecule has 6 rings (SSSR count). The fourth-order valence-electron chi connectivity index (χ4n) is 7.83. The van der Waals surface area contributed by atoms with Gasteiger partial charge in [-0.1, -0.05) is 24.3 Å². The summed E-state index contributed by atoms with van der Waals surface area (Å²) >= 11 is 0. The molecule has 0 bridgehead atoms. The van der Waals surface area contributed by atoms with Crippen molar-refractivity contribution < 1.29 is 48.0 Å². The van der Waals surface area contributed by atoms with E-state index in [0.717, 1.165) is 17.2 Å². The summed E-state index contributed by atoms with van der Waals surface area (Å²) in [6.07, 6.45) is -4.43. The quantitative estimate of drug-likeness (QED) is 0.272. The van der Waals surface area contributed by atoms with Gasteiger partial charge >= 0.3 is 6.18 Å². The summed E-state index contributed by atoms with van der Waals surface area (Å²) in [6.45, 7) is -0.233. The molecule has 2 aromatic carbocycles. The zero-order valence-electron chi connectivity index (χ0n) is 24.4. The summed E-state index contributed by atoms with van der Waals surface area (Å²) in [7, 11) is 2.88. The van der Waals surface area contributed by atoms with Gasteiger partial charge in [0, 0.05) is 24.1 Å². The molecule has 10 nitrogen and oxygen atoms in total. The Morgan fingerprint density at radius 2 is 1.71 bits per heavy atom. The number of carbonyl (C=O) groups excluding carboxylic acids is 3. The Kier molecular flexibility index (Phi) is 7.14. The molecule has 1 amide bonds. The van der Waals surface area contributed by atoms with Crippen molar-refractivity contribution in [1.29, 1.82) is 0 Å². The van der Waals surface area contributed by atoms with E-state index in [-0.39, 0.29) is 24.6 Å². The predicted octanol–water partition coefficient (Wildman–Crippen LogP) is 2.24. The summed E-state index contributed by atoms with van der Waals surface area (Å²) in [5.41, 5.74) is 0.838. The summed E-state index contributed by atoms with van der Waals surface area (Å²) in [5, 5.41) is 48.1. The molecule has 0 spiro atoms. The highest BCUT2D eigenvalue weighted by Crippen LogP contribution is 2.54. The van der Waals surface area contributed by atoms with Gasteiger partial charge in [-0.2, -0.15) is 13.2 Å². The molecular formula is C32H32F3N3O7. The van der Waals surface area contributed by atoms with Crippen molar-refractivity contribution in [2.75, 3.05) is 14.1 Å². The number of phenols is 1. The second kappa shape index (κ2) is 10.4. The lowest BCUT2D eigenvalue weighted by Crippen LogP contribution is -2.65. The first-order chi connectivity index (χ1) is 21.1. The van der Waals surface area contributed by atoms with Gasteiger partial charge in [0.15, 0.2) is 11.4 Å². The molecule has 1 saturated carbocycles. The van der Waals surface area contributed by atoms with Crippen LogP contribution in [0.4, 0.5) is 13.2 Å². The predicted molar refractivity (Wildman–Crippen MR) is 154 cm³/mol. The van der Waals surface area contributed by atoms with Crippen LogP contribution in [0.3, 0.4) is 0 Å². The van der Waals surface area contributed by atoms with E-state index < -0.39 is 98.7 Å². The Labute approximate surface area is 255 Å². The molecule has 1 fully saturated rings. The van der Waals surface area contributed by atoms with Crippen LogP contribution >= 0.6 is 0 Å². The number of amides is 1. The van der Waals surface area contributed by atoms with Gasteiger partial charge in [0.05, 0.1) is 17.2 Å². The topological polar surface area (TPSA) is 173 Å². The monoisotopic (exact) mass is 627 g/mol. The van der Waals surface area contributed by atoms with Gasteiger partial charge in [0.25, 0.3) is 5.91 Å². The summed E-state index contributed by atoms with van der Waals surface area (Å²) in [4.78, 5) is 40.6. The fraction of sp³-hybridized carbons (Fsp3) is 0.406. The van der Waals surface area contributed by atoms with Crippen LogP contribution in [0.2, 0.25) is 0 Å². The second-order valence-corrected chi connectivity index (χ2v) is 12.5. The number of carbonyl (C=O) groups is 3. The molecule has 0 unspecified atom stereocenters. The maximum Gasteiger partial charge on any atom is 0.417 e. The number of nitrogens with zero attached hydrogens (tertiary/aromatic N) is 1. The van der Waals surface area contributed by atoms with Crippen molar-refractivity contribution in [1.82, 2.24) is 10.2 Å². The van der Waals surface area contributed by atoms with Crippen LogP contribution in [0, 0.1) is 11.8 Å². The highest BCUT2D eigenvalue weighted by Gasteiger charge is 2.64. The van der Waals surface area contributed by atoms with E-state index in [1.54, 1.807) is 0 Å². The number of phenolic OH excluding ortho intramolecular Hbond substituents is 1. The Morgan fingerprint density at radius 1 is 1.09 bits per heavy atom. The standard InChI is InChI=1S/C32H32F3N3O7/c1-38(2)25-19-10-15-9-18-22(26(40)21(15)28(42)31(19,45)29(43)23(27(25)41)30(36)44)20(39)11-16(24(18)32(33,34)35)12-37-17-7-13-5-3-4-6-14(13)8-17/h3-6,11,15,17,19,25,37,39-40,43,45H,7-10,12H2,1-2H3,(H2,36,44)/t15-,19-,25-,31-/m0/s1. The molecule has 4 aliphatic carbocycles. The Bertz CT molecular complexity index is 1710. The van der Waals surface area contributed by atoms with E-state index in [9.17, 15) is 48.0 Å². The van der Waals surface area contributed by atoms with Crippen LogP contribution in [0.5, 0.6) is 5.75 Å². The minimum absolute atomic E-state index is 0.131. The van der Waals surface area contributed by atoms with E-state index in [1.807, 2.05) is 24.3 Å². The van der Waals surface area contributed by atoms with Crippen LogP contribution in [0.25, 0.3) is 5.76 Å². The number of aliphatic hydroxyl groups is 3. The lowest BCUT2D eigenvalue weighted by Gasteiger charge is -2.50. The smallest absolute Gasteiger partial charge is 0.417 e. The number of aromatic hydroxyl groups is 1. The SMILES string of the molecule is CN(C)[C@@H]1C(=O)C(C(N)=O)=C(O)[C@@]2(O)C(=O)C3=C(O)c4c(O)cc(CNC5Cc6ccccc6C5)c(C(F)(F)F)c4C[C@H]3C[C@@H]12. The van der Waals surface area contributed by atoms with Gasteiger partial charge in [-0.25, -0.2) is 0 Å². The molecule has 4 aliphatic rings. The fourth-order valence-corrected chi connectivity index (χ4v) is 7.83. The average Bonchev–Trinajstić information content (AvgIpc) is 3.35. The first-order valence-corrected chi connectivity index (χ1v) is 14.5. The van der Waals surface area contributed by atoms with Gasteiger partial charge in [0.1, 0.15) is 22.8 Å². The molecule has 4 atom stereocenters. The molecule has 0 heterocycles. The van der Waals surface area contributed by atoms with Crippen molar-refractivity contribution in [2.45, 2.75) is 56.1 Å².